The molecule has 2 aromatic rings. The van der Waals surface area contributed by atoms with E-state index in [9.17, 15) is 30.0 Å². The molecule has 9 nitrogen and oxygen atoms in total. The Balaban J connectivity index is 1.38. The Kier molecular flexibility index (Phi) is 9.61. The zero-order valence-corrected chi connectivity index (χ0v) is 22.3. The van der Waals surface area contributed by atoms with E-state index in [-0.39, 0.29) is 18.5 Å². The lowest BCUT2D eigenvalue weighted by atomic mass is 9.60. The van der Waals surface area contributed by atoms with E-state index < -0.39 is 41.9 Å². The van der Waals surface area contributed by atoms with Crippen LogP contribution >= 0.6 is 0 Å². The van der Waals surface area contributed by atoms with Gasteiger partial charge < -0.3 is 36.4 Å². The fourth-order valence-electron chi connectivity index (χ4n) is 6.19. The second kappa shape index (κ2) is 12.9. The minimum absolute atomic E-state index is 0.0356. The number of benzene rings is 2. The number of carbonyl (C=O) groups excluding carboxylic acids is 1. The summed E-state index contributed by atoms with van der Waals surface area (Å²) in [5.74, 6) is -0.423. The van der Waals surface area contributed by atoms with Gasteiger partial charge in [-0.05, 0) is 56.1 Å². The molecular formula is C30H41N3O6. The highest BCUT2D eigenvalue weighted by molar-refractivity contribution is 5.87. The third kappa shape index (κ3) is 6.97. The van der Waals surface area contributed by atoms with E-state index in [1.165, 1.54) is 0 Å². The molecule has 4 rings (SSSR count). The van der Waals surface area contributed by atoms with E-state index in [2.05, 4.69) is 16.0 Å². The average molecular weight is 540 g/mol. The average Bonchev–Trinajstić information content (AvgIpc) is 3.27. The molecule has 1 spiro atoms. The maximum Gasteiger partial charge on any atom is 0.404 e. The lowest BCUT2D eigenvalue weighted by molar-refractivity contribution is -0.162. The minimum Gasteiger partial charge on any atom is -0.465 e. The number of rotatable bonds is 13. The summed E-state index contributed by atoms with van der Waals surface area (Å²) >= 11 is 0. The first-order chi connectivity index (χ1) is 18.7. The van der Waals surface area contributed by atoms with Crippen LogP contribution in [0.5, 0.6) is 0 Å². The maximum atomic E-state index is 13.4. The fourth-order valence-corrected chi connectivity index (χ4v) is 6.19. The largest absolute Gasteiger partial charge is 0.465 e. The van der Waals surface area contributed by atoms with Gasteiger partial charge >= 0.3 is 6.09 Å². The first kappa shape index (κ1) is 29.0. The van der Waals surface area contributed by atoms with Crippen LogP contribution in [-0.2, 0) is 17.6 Å². The highest BCUT2D eigenvalue weighted by Gasteiger charge is 2.61. The van der Waals surface area contributed by atoms with Crippen molar-refractivity contribution in [2.24, 2.45) is 5.41 Å². The van der Waals surface area contributed by atoms with Crippen molar-refractivity contribution in [3.05, 3.63) is 71.8 Å². The molecule has 2 aromatic carbocycles. The van der Waals surface area contributed by atoms with Gasteiger partial charge in [-0.3, -0.25) is 4.79 Å². The summed E-state index contributed by atoms with van der Waals surface area (Å²) in [6.07, 6.45) is 2.18. The Morgan fingerprint density at radius 1 is 0.744 bits per heavy atom. The number of nitrogens with one attached hydrogen (secondary N) is 3. The summed E-state index contributed by atoms with van der Waals surface area (Å²) in [7, 11) is 0. The van der Waals surface area contributed by atoms with Gasteiger partial charge in [0.15, 0.2) is 0 Å². The van der Waals surface area contributed by atoms with Gasteiger partial charge in [0.1, 0.15) is 5.60 Å². The van der Waals surface area contributed by atoms with Crippen LogP contribution < -0.4 is 16.0 Å². The van der Waals surface area contributed by atoms with E-state index in [1.807, 2.05) is 60.7 Å². The number of aliphatic hydroxyl groups is 3. The molecule has 0 saturated heterocycles. The lowest BCUT2D eigenvalue weighted by Crippen LogP contribution is -2.61. The van der Waals surface area contributed by atoms with Crippen LogP contribution in [-0.4, -0.2) is 75.4 Å². The van der Waals surface area contributed by atoms with E-state index in [0.717, 1.165) is 43.2 Å². The molecule has 2 aliphatic rings. The molecule has 2 amide bonds. The van der Waals surface area contributed by atoms with Crippen LogP contribution in [0.2, 0.25) is 0 Å². The normalized spacial score (nSPS) is 22.8. The number of hydrogen-bond acceptors (Lipinski definition) is 6. The smallest absolute Gasteiger partial charge is 0.404 e. The third-order valence-electron chi connectivity index (χ3n) is 8.62. The van der Waals surface area contributed by atoms with Gasteiger partial charge in [0, 0.05) is 18.5 Å². The maximum absolute atomic E-state index is 13.4. The van der Waals surface area contributed by atoms with E-state index in [0.29, 0.717) is 19.3 Å². The summed E-state index contributed by atoms with van der Waals surface area (Å²) in [4.78, 5) is 24.7. The van der Waals surface area contributed by atoms with E-state index in [1.54, 1.807) is 0 Å². The lowest BCUT2D eigenvalue weighted by Gasteiger charge is -2.48. The number of carbonyl (C=O) groups is 2. The monoisotopic (exact) mass is 539 g/mol. The summed E-state index contributed by atoms with van der Waals surface area (Å²) in [5, 5.41) is 50.9. The SMILES string of the molecule is O=C(O)N[C@@H](Cc1ccccc1)[C@H](O)CNCC(O)[C@H](Cc1ccccc1)NC(=O)C1(O)CCCC12CCC2. The first-order valence-electron chi connectivity index (χ1n) is 13.9. The van der Waals surface area contributed by atoms with Crippen LogP contribution in [0.15, 0.2) is 60.7 Å². The Morgan fingerprint density at radius 3 is 1.67 bits per heavy atom. The number of amides is 2. The first-order valence-corrected chi connectivity index (χ1v) is 13.9. The summed E-state index contributed by atoms with van der Waals surface area (Å²) in [6.45, 7) is 0.0947. The van der Waals surface area contributed by atoms with Crippen LogP contribution in [0.25, 0.3) is 0 Å². The van der Waals surface area contributed by atoms with Crippen molar-refractivity contribution in [2.75, 3.05) is 13.1 Å². The molecule has 0 radical (unpaired) electrons. The van der Waals surface area contributed by atoms with Crippen LogP contribution in [0, 0.1) is 5.41 Å². The summed E-state index contributed by atoms with van der Waals surface area (Å²) in [5.41, 5.74) is 0.0471. The summed E-state index contributed by atoms with van der Waals surface area (Å²) in [6, 6.07) is 17.4. The number of aliphatic hydroxyl groups excluding tert-OH is 2. The third-order valence-corrected chi connectivity index (χ3v) is 8.62. The molecule has 2 unspecified atom stereocenters. The van der Waals surface area contributed by atoms with Crippen LogP contribution in [0.3, 0.4) is 0 Å². The van der Waals surface area contributed by atoms with Crippen molar-refractivity contribution in [3.8, 4) is 0 Å². The molecule has 0 heterocycles. The van der Waals surface area contributed by atoms with Crippen LogP contribution in [0.4, 0.5) is 4.79 Å². The molecule has 7 N–H and O–H groups in total. The highest BCUT2D eigenvalue weighted by Crippen LogP contribution is 2.58. The quantitative estimate of drug-likeness (QED) is 0.206. The molecule has 0 aromatic heterocycles. The van der Waals surface area contributed by atoms with Crippen molar-refractivity contribution in [1.29, 1.82) is 0 Å². The van der Waals surface area contributed by atoms with E-state index in [4.69, 9.17) is 0 Å². The standard InChI is InChI=1S/C30H41N3O6/c34-25(19-31-20-26(35)24(33-28(37)38)18-22-11-5-2-6-12-22)23(17-21-9-3-1-4-10-21)32-27(36)30(39)16-8-15-29(30)13-7-14-29/h1-6,9-12,23-26,31,33-35,39H,7-8,13-20H2,(H,32,36)(H,37,38)/t23-,24-,25?,26+,30?/m0/s1. The second-order valence-corrected chi connectivity index (χ2v) is 11.2. The molecule has 0 aliphatic heterocycles. The molecule has 0 bridgehead atoms. The molecule has 2 saturated carbocycles. The number of hydrogen-bond donors (Lipinski definition) is 7. The van der Waals surface area contributed by atoms with Crippen LogP contribution in [0.1, 0.15) is 49.7 Å². The zero-order chi connectivity index (χ0) is 27.9. The van der Waals surface area contributed by atoms with Gasteiger partial charge in [0.2, 0.25) is 0 Å². The molecule has 2 aliphatic carbocycles. The van der Waals surface area contributed by atoms with Crippen molar-refractivity contribution < 1.29 is 30.0 Å². The van der Waals surface area contributed by atoms with Gasteiger partial charge in [0.05, 0.1) is 24.3 Å². The number of carboxylic acid groups (broad SMARTS) is 1. The van der Waals surface area contributed by atoms with Crippen molar-refractivity contribution in [2.45, 2.75) is 81.3 Å². The second-order valence-electron chi connectivity index (χ2n) is 11.2. The van der Waals surface area contributed by atoms with Gasteiger partial charge in [-0.2, -0.15) is 0 Å². The Bertz CT molecular complexity index is 1080. The van der Waals surface area contributed by atoms with Gasteiger partial charge in [-0.1, -0.05) is 67.1 Å². The summed E-state index contributed by atoms with van der Waals surface area (Å²) < 4.78 is 0. The molecule has 2 fully saturated rings. The predicted octanol–water partition coefficient (Wildman–Crippen LogP) is 1.99. The van der Waals surface area contributed by atoms with Gasteiger partial charge in [-0.15, -0.1) is 0 Å². The Morgan fingerprint density at radius 2 is 1.21 bits per heavy atom. The Labute approximate surface area is 229 Å². The molecule has 212 valence electrons. The zero-order valence-electron chi connectivity index (χ0n) is 22.3. The van der Waals surface area contributed by atoms with Crippen molar-refractivity contribution in [3.63, 3.8) is 0 Å². The highest BCUT2D eigenvalue weighted by atomic mass is 16.4. The van der Waals surface area contributed by atoms with Gasteiger partial charge in [0.25, 0.3) is 5.91 Å². The Hall–Kier alpha value is -2.98. The van der Waals surface area contributed by atoms with Crippen molar-refractivity contribution >= 4 is 12.0 Å². The fraction of sp³-hybridized carbons (Fsp3) is 0.533. The minimum atomic E-state index is -1.42. The topological polar surface area (TPSA) is 151 Å². The molecular weight excluding hydrogens is 498 g/mol. The predicted molar refractivity (Wildman–Crippen MR) is 147 cm³/mol. The van der Waals surface area contributed by atoms with Crippen molar-refractivity contribution in [1.82, 2.24) is 16.0 Å². The van der Waals surface area contributed by atoms with Gasteiger partial charge in [-0.25, -0.2) is 4.79 Å². The molecule has 9 heteroatoms. The molecule has 39 heavy (non-hydrogen) atoms. The van der Waals surface area contributed by atoms with E-state index >= 15 is 0 Å². The molecule has 5 atom stereocenters.